The number of aromatic nitrogens is 4. The third-order valence-electron chi connectivity index (χ3n) is 6.60. The summed E-state index contributed by atoms with van der Waals surface area (Å²) in [6.45, 7) is 9.87. The molecule has 3 N–H and O–H groups in total. The van der Waals surface area contributed by atoms with Gasteiger partial charge >= 0.3 is 17.1 Å². The normalized spacial score (nSPS) is 11.6. The largest absolute Gasteiger partial charge is 2.00 e. The van der Waals surface area contributed by atoms with E-state index in [9.17, 15) is 0 Å². The summed E-state index contributed by atoms with van der Waals surface area (Å²) in [5.74, 6) is -0.833. The molecule has 191 valence electrons. The first-order valence-electron chi connectivity index (χ1n) is 12.7. The zero-order chi connectivity index (χ0) is 25.8. The van der Waals surface area contributed by atoms with Crippen molar-refractivity contribution >= 4 is 52.3 Å². The molecule has 5 rings (SSSR count). The first kappa shape index (κ1) is 28.2. The zero-order valence-corrected chi connectivity index (χ0v) is 23.3. The van der Waals surface area contributed by atoms with E-state index in [1.807, 2.05) is 0 Å². The Morgan fingerprint density at radius 1 is 0.622 bits per heavy atom. The first-order chi connectivity index (χ1) is 17.4. The quantitative estimate of drug-likeness (QED) is 0.215. The van der Waals surface area contributed by atoms with Crippen LogP contribution in [0.4, 0.5) is 0 Å². The number of hydrogen-bond donors (Lipinski definition) is 3. The Morgan fingerprint density at radius 2 is 0.892 bits per heavy atom. The van der Waals surface area contributed by atoms with Crippen LogP contribution >= 0.6 is 0 Å². The molecule has 2 aliphatic heterocycles. The van der Waals surface area contributed by atoms with Gasteiger partial charge in [0, 0.05) is 45.7 Å². The van der Waals surface area contributed by atoms with Gasteiger partial charge in [-0.15, -0.1) is 0 Å². The first-order valence-corrected chi connectivity index (χ1v) is 12.7. The predicted molar refractivity (Wildman–Crippen MR) is 150 cm³/mol. The van der Waals surface area contributed by atoms with E-state index in [0.717, 1.165) is 77.4 Å². The van der Waals surface area contributed by atoms with Crippen LogP contribution in [-0.4, -0.2) is 31.0 Å². The summed E-state index contributed by atoms with van der Waals surface area (Å²) in [5, 5.41) is 7.42. The number of aryl methyl sites for hydroxylation is 3. The third kappa shape index (κ3) is 5.79. The second-order valence-corrected chi connectivity index (χ2v) is 8.85. The van der Waals surface area contributed by atoms with Crippen LogP contribution in [0.2, 0.25) is 0 Å². The summed E-state index contributed by atoms with van der Waals surface area (Å²) in [5.41, 5.74) is 13.7. The molecule has 37 heavy (non-hydrogen) atoms. The van der Waals surface area contributed by atoms with Crippen molar-refractivity contribution in [1.29, 1.82) is 0 Å². The Kier molecular flexibility index (Phi) is 9.30. The van der Waals surface area contributed by atoms with E-state index in [4.69, 9.17) is 19.9 Å². The fourth-order valence-corrected chi connectivity index (χ4v) is 4.93. The van der Waals surface area contributed by atoms with Crippen LogP contribution in [0.25, 0.3) is 46.4 Å². The third-order valence-corrected chi connectivity index (χ3v) is 6.60. The van der Waals surface area contributed by atoms with E-state index in [2.05, 4.69) is 86.2 Å². The van der Waals surface area contributed by atoms with Crippen LogP contribution in [0.1, 0.15) is 79.6 Å². The van der Waals surface area contributed by atoms with Crippen molar-refractivity contribution < 1.29 is 27.0 Å². The van der Waals surface area contributed by atoms with Crippen LogP contribution < -0.4 is 0 Å². The molecule has 1 radical (unpaired) electrons. The van der Waals surface area contributed by atoms with Crippen molar-refractivity contribution in [2.75, 3.05) is 0 Å². The van der Waals surface area contributed by atoms with Crippen LogP contribution in [-0.2, 0) is 47.5 Å². The minimum Gasteiger partial charge on any atom is -0.481 e. The minimum absolute atomic E-state index is 0. The van der Waals surface area contributed by atoms with Crippen molar-refractivity contribution in [2.24, 2.45) is 0 Å². The number of carbonyl (C=O) groups is 1. The average molecular weight is 538 g/mol. The second-order valence-electron chi connectivity index (χ2n) is 8.85. The summed E-state index contributed by atoms with van der Waals surface area (Å²) in [6.07, 6.45) is 12.3. The Labute approximate surface area is 228 Å². The molecular formula is C30H34MnN4O2+2. The van der Waals surface area contributed by atoms with Crippen molar-refractivity contribution in [3.8, 4) is 0 Å². The Balaban J connectivity index is 0.000000711. The van der Waals surface area contributed by atoms with Gasteiger partial charge in [-0.2, -0.15) is 0 Å². The molecule has 0 saturated heterocycles. The summed E-state index contributed by atoms with van der Waals surface area (Å²) in [6, 6.07) is 8.79. The fraction of sp³-hybridized carbons (Fsp3) is 0.300. The topological polar surface area (TPSA) is 94.7 Å². The van der Waals surface area contributed by atoms with Crippen molar-refractivity contribution in [3.05, 3.63) is 69.3 Å². The van der Waals surface area contributed by atoms with Crippen LogP contribution in [0.3, 0.4) is 0 Å². The van der Waals surface area contributed by atoms with E-state index in [-0.39, 0.29) is 17.1 Å². The number of rotatable bonds is 4. The number of H-pyrrole nitrogens is 2. The van der Waals surface area contributed by atoms with E-state index in [1.165, 1.54) is 22.3 Å². The molecule has 8 bridgehead atoms. The summed E-state index contributed by atoms with van der Waals surface area (Å²) in [7, 11) is 0. The molecule has 0 unspecified atom stereocenters. The smallest absolute Gasteiger partial charge is 0.481 e. The van der Waals surface area contributed by atoms with Gasteiger partial charge in [0.2, 0.25) is 0 Å². The maximum atomic E-state index is 9.00. The fourth-order valence-electron chi connectivity index (χ4n) is 4.93. The number of carboxylic acid groups (broad SMARTS) is 1. The number of fused-ring (bicyclic) bond motifs is 8. The minimum atomic E-state index is -0.833. The number of hydrogen-bond acceptors (Lipinski definition) is 3. The van der Waals surface area contributed by atoms with Crippen molar-refractivity contribution in [1.82, 2.24) is 19.9 Å². The van der Waals surface area contributed by atoms with Gasteiger partial charge in [0.25, 0.3) is 5.97 Å². The average Bonchev–Trinajstić information content (AvgIpc) is 3.65. The van der Waals surface area contributed by atoms with Crippen LogP contribution in [0, 0.1) is 0 Å². The molecule has 0 amide bonds. The molecule has 6 nitrogen and oxygen atoms in total. The molecule has 5 heterocycles. The second kappa shape index (κ2) is 12.2. The molecule has 7 heteroatoms. The van der Waals surface area contributed by atoms with Crippen molar-refractivity contribution in [3.63, 3.8) is 0 Å². The molecule has 0 fully saturated rings. The van der Waals surface area contributed by atoms with Gasteiger partial charge in [-0.3, -0.25) is 4.79 Å². The maximum Gasteiger partial charge on any atom is 2.00 e. The molecule has 3 aromatic heterocycles. The monoisotopic (exact) mass is 537 g/mol. The Morgan fingerprint density at radius 3 is 1.19 bits per heavy atom. The summed E-state index contributed by atoms with van der Waals surface area (Å²) >= 11 is 0. The van der Waals surface area contributed by atoms with Gasteiger partial charge in [0.05, 0.1) is 22.8 Å². The van der Waals surface area contributed by atoms with E-state index < -0.39 is 5.97 Å². The molecule has 0 saturated carbocycles. The SMILES string of the molecule is CC(=O)O.CCc1c2nc(c(CC)c3ccc([nH]3)c(CC)c3ccc([nH]3)c(CC)c3nc1C=C3)C=C2.[Mn+2]. The number of carboxylic acids is 1. The van der Waals surface area contributed by atoms with Crippen molar-refractivity contribution in [2.45, 2.75) is 60.3 Å². The van der Waals surface area contributed by atoms with Crippen LogP contribution in [0.5, 0.6) is 0 Å². The maximum absolute atomic E-state index is 9.00. The molecule has 0 aliphatic carbocycles. The molecule has 0 spiro atoms. The van der Waals surface area contributed by atoms with E-state index >= 15 is 0 Å². The van der Waals surface area contributed by atoms with Gasteiger partial charge in [0.1, 0.15) is 0 Å². The summed E-state index contributed by atoms with van der Waals surface area (Å²) in [4.78, 5) is 26.5. The Hall–Kier alpha value is -3.41. The number of aromatic amines is 2. The molecule has 3 aromatic rings. The van der Waals surface area contributed by atoms with Gasteiger partial charge in [-0.1, -0.05) is 27.7 Å². The Bertz CT molecular complexity index is 1420. The van der Waals surface area contributed by atoms with E-state index in [1.54, 1.807) is 0 Å². The van der Waals surface area contributed by atoms with Gasteiger partial charge < -0.3 is 15.1 Å². The van der Waals surface area contributed by atoms with Crippen LogP contribution in [0.15, 0.2) is 24.3 Å². The molecule has 0 atom stereocenters. The molecule has 2 aliphatic rings. The van der Waals surface area contributed by atoms with Gasteiger partial charge in [-0.05, 0) is 79.8 Å². The number of nitrogens with zero attached hydrogens (tertiary/aromatic N) is 2. The molecule has 0 aromatic carbocycles. The standard InChI is InChI=1S/C28H30N4.C2H4O2.Mn/c1-5-17-21-9-11-23(29-21)18(6-2)25-13-15-27(31-25)20(8-4)28-16-14-26(32-28)19(7-3)24-12-10-22(17)30-24;1-2(3)4;/h9-16,29-30H,5-8H2,1-4H3;1H3,(H,3,4);/q;;+2. The summed E-state index contributed by atoms with van der Waals surface area (Å²) < 4.78 is 0. The predicted octanol–water partition coefficient (Wildman–Crippen LogP) is 6.99. The number of aliphatic carboxylic acids is 1. The van der Waals surface area contributed by atoms with Gasteiger partial charge in [0.15, 0.2) is 0 Å². The number of nitrogens with one attached hydrogen (secondary N) is 2. The van der Waals surface area contributed by atoms with E-state index in [0.29, 0.717) is 0 Å². The molecular weight excluding hydrogens is 503 g/mol. The van der Waals surface area contributed by atoms with Gasteiger partial charge in [-0.25, -0.2) is 9.97 Å². The zero-order valence-electron chi connectivity index (χ0n) is 22.1.